The van der Waals surface area contributed by atoms with E-state index >= 15 is 0 Å². The molecule has 1 aliphatic heterocycles. The number of nitrogens with zero attached hydrogens (tertiary/aromatic N) is 2. The molecule has 0 spiro atoms. The minimum atomic E-state index is -3.82. The molecule has 2 aromatic rings. The van der Waals surface area contributed by atoms with Gasteiger partial charge in [-0.1, -0.05) is 41.4 Å². The number of hydrogen-bond donors (Lipinski definition) is 1. The summed E-state index contributed by atoms with van der Waals surface area (Å²) in [4.78, 5) is 14.8. The monoisotopic (exact) mass is 485 g/mol. The highest BCUT2D eigenvalue weighted by Gasteiger charge is 2.37. The molecule has 2 aromatic carbocycles. The smallest absolute Gasteiger partial charge is 0.244 e. The molecule has 1 atom stereocenters. The van der Waals surface area contributed by atoms with Crippen LogP contribution in [0.15, 0.2) is 47.4 Å². The largest absolute Gasteiger partial charge is 0.352 e. The van der Waals surface area contributed by atoms with Crippen molar-refractivity contribution in [3.05, 3.63) is 63.9 Å². The molecule has 10 heteroatoms. The third kappa shape index (κ3) is 4.88. The van der Waals surface area contributed by atoms with Crippen LogP contribution in [0.5, 0.6) is 0 Å². The van der Waals surface area contributed by atoms with Crippen LogP contribution < -0.4 is 5.32 Å². The summed E-state index contributed by atoms with van der Waals surface area (Å²) in [6.45, 7) is 1.08. The van der Waals surface area contributed by atoms with E-state index < -0.39 is 16.1 Å². The predicted octanol–water partition coefficient (Wildman–Crippen LogP) is 3.46. The summed E-state index contributed by atoms with van der Waals surface area (Å²) in [6.07, 6.45) is 1.91. The van der Waals surface area contributed by atoms with Crippen molar-refractivity contribution >= 4 is 39.1 Å². The number of benzene rings is 2. The molecule has 31 heavy (non-hydrogen) atoms. The molecule has 1 aliphatic carbocycles. The minimum Gasteiger partial charge on any atom is -0.352 e. The van der Waals surface area contributed by atoms with Crippen molar-refractivity contribution in [2.45, 2.75) is 29.8 Å². The van der Waals surface area contributed by atoms with Gasteiger partial charge in [-0.25, -0.2) is 12.8 Å². The fourth-order valence-electron chi connectivity index (χ4n) is 3.71. The summed E-state index contributed by atoms with van der Waals surface area (Å²) in [6, 6.07) is 9.94. The molecule has 1 N–H and O–H groups in total. The van der Waals surface area contributed by atoms with Crippen LogP contribution in [0.3, 0.4) is 0 Å². The van der Waals surface area contributed by atoms with Crippen LogP contribution in [0.4, 0.5) is 4.39 Å². The molecule has 4 rings (SSSR count). The Hall–Kier alpha value is -1.71. The fourth-order valence-corrected chi connectivity index (χ4v) is 5.86. The topological polar surface area (TPSA) is 69.7 Å². The first-order valence-electron chi connectivity index (χ1n) is 10.0. The molecular formula is C21H22Cl2FN3O3S. The zero-order valence-electron chi connectivity index (χ0n) is 16.6. The van der Waals surface area contributed by atoms with Crippen molar-refractivity contribution < 1.29 is 17.6 Å². The second-order valence-corrected chi connectivity index (χ2v) is 10.4. The van der Waals surface area contributed by atoms with Gasteiger partial charge in [0.15, 0.2) is 0 Å². The van der Waals surface area contributed by atoms with Crippen molar-refractivity contribution in [1.29, 1.82) is 0 Å². The summed E-state index contributed by atoms with van der Waals surface area (Å²) in [5.74, 6) is -0.525. The van der Waals surface area contributed by atoms with Gasteiger partial charge in [0.25, 0.3) is 0 Å². The highest BCUT2D eigenvalue weighted by Crippen LogP contribution is 2.32. The molecule has 1 heterocycles. The number of piperazine rings is 1. The Kier molecular flexibility index (Phi) is 6.55. The Balaban J connectivity index is 1.52. The van der Waals surface area contributed by atoms with Gasteiger partial charge in [-0.15, -0.1) is 0 Å². The van der Waals surface area contributed by atoms with E-state index in [1.807, 2.05) is 4.90 Å². The van der Waals surface area contributed by atoms with E-state index in [1.165, 1.54) is 28.6 Å². The molecule has 0 aromatic heterocycles. The average molecular weight is 486 g/mol. The van der Waals surface area contributed by atoms with Crippen LogP contribution in [0.1, 0.15) is 24.4 Å². The van der Waals surface area contributed by atoms with Gasteiger partial charge in [0.05, 0.1) is 10.0 Å². The Morgan fingerprint density at radius 2 is 1.68 bits per heavy atom. The van der Waals surface area contributed by atoms with Crippen molar-refractivity contribution in [2.75, 3.05) is 26.2 Å². The summed E-state index contributed by atoms with van der Waals surface area (Å²) < 4.78 is 40.9. The van der Waals surface area contributed by atoms with Gasteiger partial charge < -0.3 is 5.32 Å². The second kappa shape index (κ2) is 9.03. The normalized spacial score (nSPS) is 19.2. The van der Waals surface area contributed by atoms with Crippen LogP contribution in [0.2, 0.25) is 10.0 Å². The molecular weight excluding hydrogens is 464 g/mol. The highest BCUT2D eigenvalue weighted by molar-refractivity contribution is 7.89. The zero-order chi connectivity index (χ0) is 22.2. The number of carbonyl (C=O) groups is 1. The van der Waals surface area contributed by atoms with E-state index in [1.54, 1.807) is 18.2 Å². The van der Waals surface area contributed by atoms with Crippen LogP contribution in [0.25, 0.3) is 0 Å². The first kappa shape index (κ1) is 22.5. The molecule has 1 saturated heterocycles. The summed E-state index contributed by atoms with van der Waals surface area (Å²) >= 11 is 12.1. The Labute approximate surface area is 191 Å². The first-order chi connectivity index (χ1) is 14.8. The zero-order valence-corrected chi connectivity index (χ0v) is 18.9. The van der Waals surface area contributed by atoms with Crippen LogP contribution in [-0.4, -0.2) is 55.8 Å². The van der Waals surface area contributed by atoms with Gasteiger partial charge in [-0.3, -0.25) is 9.69 Å². The number of sulfonamides is 1. The lowest BCUT2D eigenvalue weighted by molar-refractivity contribution is -0.127. The molecule has 2 fully saturated rings. The van der Waals surface area contributed by atoms with Gasteiger partial charge >= 0.3 is 0 Å². The van der Waals surface area contributed by atoms with Gasteiger partial charge in [0, 0.05) is 32.2 Å². The summed E-state index contributed by atoms with van der Waals surface area (Å²) in [5.41, 5.74) is 0.675. The number of amides is 1. The maximum Gasteiger partial charge on any atom is 0.244 e. The van der Waals surface area contributed by atoms with Crippen molar-refractivity contribution in [1.82, 2.24) is 14.5 Å². The first-order valence-corrected chi connectivity index (χ1v) is 12.2. The number of rotatable bonds is 6. The van der Waals surface area contributed by atoms with Crippen molar-refractivity contribution in [2.24, 2.45) is 0 Å². The van der Waals surface area contributed by atoms with E-state index in [0.717, 1.165) is 12.8 Å². The van der Waals surface area contributed by atoms with E-state index in [0.29, 0.717) is 18.7 Å². The molecule has 166 valence electrons. The summed E-state index contributed by atoms with van der Waals surface area (Å²) in [7, 11) is -3.82. The maximum absolute atomic E-state index is 13.4. The summed E-state index contributed by atoms with van der Waals surface area (Å²) in [5, 5.41) is 3.18. The van der Waals surface area contributed by atoms with E-state index in [-0.39, 0.29) is 45.8 Å². The maximum atomic E-state index is 13.4. The standard InChI is InChI=1S/C21H22Cl2FN3O3S/c22-17-2-1-3-18(19(17)23)31(29,30)27-12-10-26(11-13-27)20(21(28)25-16-8-9-16)14-4-6-15(24)7-5-14/h1-7,16,20H,8-13H2,(H,25,28). The number of hydrogen-bond acceptors (Lipinski definition) is 4. The number of halogens is 3. The molecule has 1 unspecified atom stereocenters. The predicted molar refractivity (Wildman–Crippen MR) is 117 cm³/mol. The Bertz CT molecular complexity index is 1070. The van der Waals surface area contributed by atoms with Gasteiger partial charge in [-0.2, -0.15) is 4.31 Å². The minimum absolute atomic E-state index is 0.000374. The Morgan fingerprint density at radius 1 is 1.03 bits per heavy atom. The quantitative estimate of drug-likeness (QED) is 0.679. The number of carbonyl (C=O) groups excluding carboxylic acids is 1. The average Bonchev–Trinajstić information content (AvgIpc) is 3.56. The molecule has 1 amide bonds. The molecule has 6 nitrogen and oxygen atoms in total. The second-order valence-electron chi connectivity index (χ2n) is 7.73. The highest BCUT2D eigenvalue weighted by atomic mass is 35.5. The lowest BCUT2D eigenvalue weighted by atomic mass is 10.0. The van der Waals surface area contributed by atoms with Crippen molar-refractivity contribution in [3.63, 3.8) is 0 Å². The van der Waals surface area contributed by atoms with Crippen LogP contribution >= 0.6 is 23.2 Å². The molecule has 2 aliphatic rings. The van der Waals surface area contributed by atoms with E-state index in [9.17, 15) is 17.6 Å². The third-order valence-corrected chi connectivity index (χ3v) is 8.40. The fraction of sp³-hybridized carbons (Fsp3) is 0.381. The number of nitrogens with one attached hydrogen (secondary N) is 1. The molecule has 0 radical (unpaired) electrons. The third-order valence-electron chi connectivity index (χ3n) is 5.53. The lowest BCUT2D eigenvalue weighted by Crippen LogP contribution is -2.52. The lowest BCUT2D eigenvalue weighted by Gasteiger charge is -2.38. The Morgan fingerprint density at radius 3 is 2.29 bits per heavy atom. The molecule has 1 saturated carbocycles. The van der Waals surface area contributed by atoms with Crippen LogP contribution in [-0.2, 0) is 14.8 Å². The SMILES string of the molecule is O=C(NC1CC1)C(c1ccc(F)cc1)N1CCN(S(=O)(=O)c2cccc(Cl)c2Cl)CC1. The van der Waals surface area contributed by atoms with Crippen LogP contribution in [0, 0.1) is 5.82 Å². The van der Waals surface area contributed by atoms with Gasteiger partial charge in [0.1, 0.15) is 16.8 Å². The molecule has 0 bridgehead atoms. The van der Waals surface area contributed by atoms with Gasteiger partial charge in [-0.05, 0) is 42.7 Å². The van der Waals surface area contributed by atoms with Crippen molar-refractivity contribution in [3.8, 4) is 0 Å². The van der Waals surface area contributed by atoms with E-state index in [2.05, 4.69) is 5.32 Å². The van der Waals surface area contributed by atoms with E-state index in [4.69, 9.17) is 23.2 Å². The van der Waals surface area contributed by atoms with Gasteiger partial charge in [0.2, 0.25) is 15.9 Å².